The number of aliphatic hydroxyl groups excluding tert-OH is 1. The summed E-state index contributed by atoms with van der Waals surface area (Å²) in [6.07, 6.45) is -0.0776. The number of carbonyl (C=O) groups is 2. The third kappa shape index (κ3) is 5.16. The van der Waals surface area contributed by atoms with Crippen LogP contribution in [0.5, 0.6) is 23.0 Å². The molecule has 4 rings (SSSR count). The summed E-state index contributed by atoms with van der Waals surface area (Å²) >= 11 is 0. The molecular weight excluding hydrogens is 486 g/mol. The second-order valence-corrected chi connectivity index (χ2v) is 9.06. The summed E-state index contributed by atoms with van der Waals surface area (Å²) in [5.74, 6) is -0.109. The highest BCUT2D eigenvalue weighted by Gasteiger charge is 2.46. The lowest BCUT2D eigenvalue weighted by molar-refractivity contribution is -0.140. The molecule has 1 heterocycles. The predicted molar refractivity (Wildman–Crippen MR) is 143 cm³/mol. The minimum Gasteiger partial charge on any atom is -0.506 e. The fourth-order valence-electron chi connectivity index (χ4n) is 4.61. The summed E-state index contributed by atoms with van der Waals surface area (Å²) in [5, 5.41) is 11.6. The number of hydrogen-bond acceptors (Lipinski definition) is 7. The van der Waals surface area contributed by atoms with Crippen LogP contribution >= 0.6 is 0 Å². The van der Waals surface area contributed by atoms with E-state index in [1.54, 1.807) is 61.7 Å². The van der Waals surface area contributed by atoms with Crippen LogP contribution in [0.3, 0.4) is 0 Å². The number of aliphatic hydroxyl groups is 1. The second-order valence-electron chi connectivity index (χ2n) is 9.06. The molecule has 0 spiro atoms. The van der Waals surface area contributed by atoms with E-state index in [1.165, 1.54) is 19.1 Å². The molecule has 0 saturated carbocycles. The minimum atomic E-state index is -0.897. The van der Waals surface area contributed by atoms with Crippen molar-refractivity contribution in [2.75, 3.05) is 21.3 Å². The number of rotatable bonds is 9. The number of hydrogen-bond donors (Lipinski definition) is 1. The van der Waals surface area contributed by atoms with E-state index in [2.05, 4.69) is 0 Å². The molecule has 3 aromatic carbocycles. The van der Waals surface area contributed by atoms with Gasteiger partial charge in [-0.05, 0) is 61.4 Å². The zero-order chi connectivity index (χ0) is 27.4. The van der Waals surface area contributed by atoms with E-state index in [9.17, 15) is 14.7 Å². The Bertz CT molecular complexity index is 1360. The van der Waals surface area contributed by atoms with E-state index < -0.39 is 17.7 Å². The molecule has 0 bridgehead atoms. The van der Waals surface area contributed by atoms with E-state index in [-0.39, 0.29) is 29.5 Å². The Labute approximate surface area is 222 Å². The number of amides is 1. The monoisotopic (exact) mass is 517 g/mol. The molecule has 1 fully saturated rings. The highest BCUT2D eigenvalue weighted by atomic mass is 16.5. The standard InChI is InChI=1S/C30H31NO7/c1-18(2)38-22-12-7-10-20(16-22)27-26(28(32)25-23(36-4)13-8-14-24(25)37-5)29(33)30(34)31(27)17-19-9-6-11-21(15-19)35-3/h6-16,18,27,32H,17H2,1-5H3/b28-26+. The molecule has 0 aromatic heterocycles. The van der Waals surface area contributed by atoms with Crippen LogP contribution in [0.1, 0.15) is 36.6 Å². The number of ether oxygens (including phenoxy) is 4. The predicted octanol–water partition coefficient (Wildman–Crippen LogP) is 5.12. The Hall–Kier alpha value is -4.46. The maximum Gasteiger partial charge on any atom is 0.295 e. The van der Waals surface area contributed by atoms with E-state index in [1.807, 2.05) is 26.0 Å². The molecule has 1 atom stereocenters. The Morgan fingerprint density at radius 3 is 2.13 bits per heavy atom. The molecule has 0 radical (unpaired) electrons. The van der Waals surface area contributed by atoms with Gasteiger partial charge in [0.1, 0.15) is 34.3 Å². The Kier molecular flexibility index (Phi) is 7.90. The molecule has 198 valence electrons. The number of carbonyl (C=O) groups excluding carboxylic acids is 2. The van der Waals surface area contributed by atoms with Crippen molar-refractivity contribution < 1.29 is 33.6 Å². The first kappa shape index (κ1) is 26.6. The second kappa shape index (κ2) is 11.3. The summed E-state index contributed by atoms with van der Waals surface area (Å²) in [6.45, 7) is 3.94. The molecule has 0 aliphatic carbocycles. The smallest absolute Gasteiger partial charge is 0.295 e. The average Bonchev–Trinajstić information content (AvgIpc) is 3.17. The average molecular weight is 518 g/mol. The molecule has 1 aliphatic heterocycles. The van der Waals surface area contributed by atoms with E-state index in [4.69, 9.17) is 18.9 Å². The number of Topliss-reactive ketones (excluding diaryl/α,β-unsaturated/α-hetero) is 1. The first-order valence-electron chi connectivity index (χ1n) is 12.2. The molecule has 1 unspecified atom stereocenters. The molecule has 1 saturated heterocycles. The number of ketones is 1. The lowest BCUT2D eigenvalue weighted by Gasteiger charge is -2.26. The summed E-state index contributed by atoms with van der Waals surface area (Å²) in [7, 11) is 4.47. The fraction of sp³-hybridized carbons (Fsp3) is 0.267. The van der Waals surface area contributed by atoms with Crippen molar-refractivity contribution in [2.24, 2.45) is 0 Å². The highest BCUT2D eigenvalue weighted by molar-refractivity contribution is 6.46. The SMILES string of the molecule is COc1cccc(CN2C(=O)C(=O)/C(=C(/O)c3c(OC)cccc3OC)C2c2cccc(OC(C)C)c2)c1. The largest absolute Gasteiger partial charge is 0.506 e. The number of nitrogens with zero attached hydrogens (tertiary/aromatic N) is 1. The van der Waals surface area contributed by atoms with Crippen LogP contribution in [0.15, 0.2) is 72.3 Å². The molecular formula is C30H31NO7. The highest BCUT2D eigenvalue weighted by Crippen LogP contribution is 2.44. The third-order valence-corrected chi connectivity index (χ3v) is 6.24. The van der Waals surface area contributed by atoms with Crippen molar-refractivity contribution in [3.63, 3.8) is 0 Å². The first-order chi connectivity index (χ1) is 18.3. The minimum absolute atomic E-state index is 0.0672. The summed E-state index contributed by atoms with van der Waals surface area (Å²) in [6, 6.07) is 18.6. The molecule has 8 heteroatoms. The van der Waals surface area contributed by atoms with Gasteiger partial charge in [-0.25, -0.2) is 0 Å². The van der Waals surface area contributed by atoms with Crippen molar-refractivity contribution in [3.05, 3.63) is 89.0 Å². The summed E-state index contributed by atoms with van der Waals surface area (Å²) in [5.41, 5.74) is 1.50. The third-order valence-electron chi connectivity index (χ3n) is 6.24. The van der Waals surface area contributed by atoms with Crippen LogP contribution in [0.4, 0.5) is 0 Å². The van der Waals surface area contributed by atoms with E-state index in [0.29, 0.717) is 28.6 Å². The Morgan fingerprint density at radius 1 is 0.868 bits per heavy atom. The van der Waals surface area contributed by atoms with Gasteiger partial charge in [0.05, 0.1) is 39.0 Å². The van der Waals surface area contributed by atoms with E-state index in [0.717, 1.165) is 5.56 Å². The quantitative estimate of drug-likeness (QED) is 0.239. The lowest BCUT2D eigenvalue weighted by atomic mass is 9.94. The van der Waals surface area contributed by atoms with Crippen molar-refractivity contribution in [1.29, 1.82) is 0 Å². The molecule has 1 N–H and O–H groups in total. The molecule has 1 amide bonds. The van der Waals surface area contributed by atoms with Crippen LogP contribution < -0.4 is 18.9 Å². The zero-order valence-corrected chi connectivity index (χ0v) is 22.1. The van der Waals surface area contributed by atoms with Crippen LogP contribution in [-0.4, -0.2) is 49.1 Å². The Balaban J connectivity index is 1.93. The van der Waals surface area contributed by atoms with Crippen LogP contribution in [0.2, 0.25) is 0 Å². The number of likely N-dealkylation sites (tertiary alicyclic amines) is 1. The van der Waals surface area contributed by atoms with Crippen molar-refractivity contribution >= 4 is 17.4 Å². The van der Waals surface area contributed by atoms with Gasteiger partial charge in [0.2, 0.25) is 0 Å². The van der Waals surface area contributed by atoms with Crippen molar-refractivity contribution in [3.8, 4) is 23.0 Å². The number of methoxy groups -OCH3 is 3. The van der Waals surface area contributed by atoms with Crippen LogP contribution in [0, 0.1) is 0 Å². The molecule has 8 nitrogen and oxygen atoms in total. The van der Waals surface area contributed by atoms with Gasteiger partial charge < -0.3 is 29.0 Å². The van der Waals surface area contributed by atoms with Gasteiger partial charge in [0.25, 0.3) is 11.7 Å². The topological polar surface area (TPSA) is 94.5 Å². The molecule has 3 aromatic rings. The van der Waals surface area contributed by atoms with Gasteiger partial charge in [-0.2, -0.15) is 0 Å². The molecule has 38 heavy (non-hydrogen) atoms. The van der Waals surface area contributed by atoms with Gasteiger partial charge in [0, 0.05) is 6.54 Å². The van der Waals surface area contributed by atoms with Gasteiger partial charge in [-0.3, -0.25) is 9.59 Å². The Morgan fingerprint density at radius 2 is 1.50 bits per heavy atom. The van der Waals surface area contributed by atoms with Crippen LogP contribution in [0.25, 0.3) is 5.76 Å². The normalized spacial score (nSPS) is 16.6. The van der Waals surface area contributed by atoms with Crippen LogP contribution in [-0.2, 0) is 16.1 Å². The fourth-order valence-corrected chi connectivity index (χ4v) is 4.61. The lowest BCUT2D eigenvalue weighted by Crippen LogP contribution is -2.29. The zero-order valence-electron chi connectivity index (χ0n) is 22.1. The van der Waals surface area contributed by atoms with Gasteiger partial charge in [-0.15, -0.1) is 0 Å². The van der Waals surface area contributed by atoms with Gasteiger partial charge in [0.15, 0.2) is 0 Å². The van der Waals surface area contributed by atoms with Gasteiger partial charge >= 0.3 is 0 Å². The first-order valence-corrected chi connectivity index (χ1v) is 12.2. The van der Waals surface area contributed by atoms with Crippen molar-refractivity contribution in [1.82, 2.24) is 4.90 Å². The maximum atomic E-state index is 13.5. The van der Waals surface area contributed by atoms with Gasteiger partial charge in [-0.1, -0.05) is 30.3 Å². The van der Waals surface area contributed by atoms with E-state index >= 15 is 0 Å². The molecule has 1 aliphatic rings. The summed E-state index contributed by atoms with van der Waals surface area (Å²) < 4.78 is 22.1. The summed E-state index contributed by atoms with van der Waals surface area (Å²) in [4.78, 5) is 28.5. The maximum absolute atomic E-state index is 13.5. The number of benzene rings is 3. The van der Waals surface area contributed by atoms with Crippen molar-refractivity contribution in [2.45, 2.75) is 32.5 Å².